The number of hydrogen-bond acceptors (Lipinski definition) is 4. The van der Waals surface area contributed by atoms with E-state index in [1.54, 1.807) is 0 Å². The van der Waals surface area contributed by atoms with Crippen molar-refractivity contribution in [2.24, 2.45) is 10.9 Å². The Labute approximate surface area is 104 Å². The quantitative estimate of drug-likeness (QED) is 0.801. The highest BCUT2D eigenvalue weighted by Crippen LogP contribution is 2.26. The van der Waals surface area contributed by atoms with Gasteiger partial charge in [0.15, 0.2) is 5.17 Å². The molecule has 1 aliphatic heterocycles. The maximum atomic E-state index is 4.56. The summed E-state index contributed by atoms with van der Waals surface area (Å²) in [6.45, 7) is 8.87. The smallest absolute Gasteiger partial charge is 0.157 e. The van der Waals surface area contributed by atoms with Gasteiger partial charge in [-0.2, -0.15) is 0 Å². The van der Waals surface area contributed by atoms with E-state index in [0.717, 1.165) is 18.3 Å². The summed E-state index contributed by atoms with van der Waals surface area (Å²) >= 11 is 1.91. The first-order chi connectivity index (χ1) is 7.49. The van der Waals surface area contributed by atoms with Crippen LogP contribution in [0, 0.1) is 5.92 Å². The van der Waals surface area contributed by atoms with Crippen molar-refractivity contribution in [1.29, 1.82) is 0 Å². The van der Waals surface area contributed by atoms with Crippen LogP contribution in [0.1, 0.15) is 27.2 Å². The third-order valence-electron chi connectivity index (χ3n) is 2.80. The van der Waals surface area contributed by atoms with Gasteiger partial charge in [-0.3, -0.25) is 4.99 Å². The maximum absolute atomic E-state index is 4.56. The second-order valence-corrected chi connectivity index (χ2v) is 6.41. The Morgan fingerprint density at radius 1 is 1.44 bits per heavy atom. The number of thioether (sulfide) groups is 1. The molecule has 0 aromatic carbocycles. The zero-order chi connectivity index (χ0) is 12.1. The fourth-order valence-electron chi connectivity index (χ4n) is 1.55. The first-order valence-electron chi connectivity index (χ1n) is 6.11. The molecule has 1 N–H and O–H groups in total. The fourth-order valence-corrected chi connectivity index (χ4v) is 2.68. The van der Waals surface area contributed by atoms with E-state index in [-0.39, 0.29) is 0 Å². The van der Waals surface area contributed by atoms with Gasteiger partial charge >= 0.3 is 0 Å². The van der Waals surface area contributed by atoms with Crippen molar-refractivity contribution < 1.29 is 0 Å². The average molecular weight is 243 g/mol. The minimum absolute atomic E-state index is 0.513. The third-order valence-corrected chi connectivity index (χ3v) is 4.27. The van der Waals surface area contributed by atoms with E-state index in [9.17, 15) is 0 Å². The van der Waals surface area contributed by atoms with Gasteiger partial charge in [-0.25, -0.2) is 0 Å². The minimum Gasteiger partial charge on any atom is -0.362 e. The molecule has 3 nitrogen and oxygen atoms in total. The summed E-state index contributed by atoms with van der Waals surface area (Å²) in [5.74, 6) is 0.713. The molecule has 0 fully saturated rings. The third kappa shape index (κ3) is 4.74. The van der Waals surface area contributed by atoms with Gasteiger partial charge in [0.1, 0.15) is 0 Å². The second-order valence-electron chi connectivity index (χ2n) is 5.18. The van der Waals surface area contributed by atoms with Crippen molar-refractivity contribution in [1.82, 2.24) is 10.2 Å². The van der Waals surface area contributed by atoms with Crippen molar-refractivity contribution in [2.45, 2.75) is 38.5 Å². The summed E-state index contributed by atoms with van der Waals surface area (Å²) in [5.41, 5.74) is 0. The Balaban J connectivity index is 2.23. The normalized spacial score (nSPS) is 22.7. The Morgan fingerprint density at radius 3 is 2.62 bits per heavy atom. The molecule has 0 saturated carbocycles. The molecule has 0 spiro atoms. The zero-order valence-corrected chi connectivity index (χ0v) is 12.0. The molecule has 4 heteroatoms. The predicted molar refractivity (Wildman–Crippen MR) is 74.3 cm³/mol. The lowest BCUT2D eigenvalue weighted by Crippen LogP contribution is -2.33. The van der Waals surface area contributed by atoms with Crippen molar-refractivity contribution in [3.8, 4) is 0 Å². The lowest BCUT2D eigenvalue weighted by molar-refractivity contribution is 0.379. The van der Waals surface area contributed by atoms with Gasteiger partial charge < -0.3 is 10.2 Å². The van der Waals surface area contributed by atoms with Gasteiger partial charge in [-0.15, -0.1) is 0 Å². The van der Waals surface area contributed by atoms with Crippen LogP contribution < -0.4 is 5.32 Å². The van der Waals surface area contributed by atoms with Crippen LogP contribution >= 0.6 is 11.8 Å². The van der Waals surface area contributed by atoms with Crippen molar-refractivity contribution in [3.63, 3.8) is 0 Å². The molecule has 0 aromatic rings. The highest BCUT2D eigenvalue weighted by Gasteiger charge is 2.23. The van der Waals surface area contributed by atoms with E-state index in [0.29, 0.717) is 17.2 Å². The van der Waals surface area contributed by atoms with Crippen molar-refractivity contribution in [3.05, 3.63) is 0 Å². The molecule has 1 rings (SSSR count). The van der Waals surface area contributed by atoms with E-state index in [1.165, 1.54) is 6.42 Å². The van der Waals surface area contributed by atoms with Crippen molar-refractivity contribution >= 4 is 16.9 Å². The summed E-state index contributed by atoms with van der Waals surface area (Å²) in [6, 6.07) is 0.513. The van der Waals surface area contributed by atoms with Crippen LogP contribution in [-0.4, -0.2) is 48.5 Å². The summed E-state index contributed by atoms with van der Waals surface area (Å²) in [5, 5.41) is 5.32. The van der Waals surface area contributed by atoms with E-state index >= 15 is 0 Å². The zero-order valence-electron chi connectivity index (χ0n) is 11.2. The summed E-state index contributed by atoms with van der Waals surface area (Å²) < 4.78 is 0. The molecule has 2 atom stereocenters. The molecule has 0 amide bonds. The monoisotopic (exact) mass is 243 g/mol. The molecule has 0 radical (unpaired) electrons. The van der Waals surface area contributed by atoms with E-state index in [1.807, 2.05) is 11.8 Å². The predicted octanol–water partition coefficient (Wildman–Crippen LogP) is 2.04. The topological polar surface area (TPSA) is 27.6 Å². The van der Waals surface area contributed by atoms with E-state index in [2.05, 4.69) is 50.1 Å². The molecule has 1 heterocycles. The van der Waals surface area contributed by atoms with Crippen LogP contribution in [-0.2, 0) is 0 Å². The fraction of sp³-hybridized carbons (Fsp3) is 0.917. The molecule has 0 saturated heterocycles. The molecule has 0 aromatic heterocycles. The van der Waals surface area contributed by atoms with Gasteiger partial charge in [0.2, 0.25) is 0 Å². The summed E-state index contributed by atoms with van der Waals surface area (Å²) in [6.07, 6.45) is 1.17. The first-order valence-corrected chi connectivity index (χ1v) is 6.99. The SMILES string of the molecule is CC(CCN(C)C)NC1=NCC(C(C)C)S1. The number of hydrogen-bond donors (Lipinski definition) is 1. The lowest BCUT2D eigenvalue weighted by atomic mass is 10.1. The number of nitrogens with zero attached hydrogens (tertiary/aromatic N) is 2. The molecule has 1 aliphatic rings. The molecular weight excluding hydrogens is 218 g/mol. The lowest BCUT2D eigenvalue weighted by Gasteiger charge is -2.18. The first kappa shape index (κ1) is 13.8. The van der Waals surface area contributed by atoms with Crippen LogP contribution in [0.25, 0.3) is 0 Å². The summed E-state index contributed by atoms with van der Waals surface area (Å²) in [7, 11) is 4.23. The molecule has 2 unspecified atom stereocenters. The Kier molecular flexibility index (Phi) is 5.62. The number of aliphatic imine (C=N–C) groups is 1. The Bertz CT molecular complexity index is 238. The van der Waals surface area contributed by atoms with E-state index in [4.69, 9.17) is 0 Å². The van der Waals surface area contributed by atoms with Crippen LogP contribution in [0.15, 0.2) is 4.99 Å². The van der Waals surface area contributed by atoms with E-state index < -0.39 is 0 Å². The molecule has 0 bridgehead atoms. The molecular formula is C12H25N3S. The molecule has 0 aliphatic carbocycles. The van der Waals surface area contributed by atoms with Crippen LogP contribution in [0.2, 0.25) is 0 Å². The number of rotatable bonds is 5. The van der Waals surface area contributed by atoms with Crippen LogP contribution in [0.3, 0.4) is 0 Å². The Hall–Kier alpha value is -0.220. The van der Waals surface area contributed by atoms with Gasteiger partial charge in [-0.05, 0) is 39.9 Å². The Morgan fingerprint density at radius 2 is 2.12 bits per heavy atom. The van der Waals surface area contributed by atoms with Crippen LogP contribution in [0.4, 0.5) is 0 Å². The van der Waals surface area contributed by atoms with Gasteiger partial charge in [0, 0.05) is 11.3 Å². The second kappa shape index (κ2) is 6.50. The highest BCUT2D eigenvalue weighted by atomic mass is 32.2. The highest BCUT2D eigenvalue weighted by molar-refractivity contribution is 8.14. The van der Waals surface area contributed by atoms with Gasteiger partial charge in [-0.1, -0.05) is 25.6 Å². The van der Waals surface area contributed by atoms with Gasteiger partial charge in [0.05, 0.1) is 6.54 Å². The van der Waals surface area contributed by atoms with Crippen LogP contribution in [0.5, 0.6) is 0 Å². The number of nitrogens with one attached hydrogen (secondary N) is 1. The standard InChI is InChI=1S/C12H25N3S/c1-9(2)11-8-13-12(16-11)14-10(3)6-7-15(4)5/h9-11H,6-8H2,1-5H3,(H,13,14). The molecule has 94 valence electrons. The largest absolute Gasteiger partial charge is 0.362 e. The maximum Gasteiger partial charge on any atom is 0.157 e. The average Bonchev–Trinajstić information content (AvgIpc) is 2.63. The van der Waals surface area contributed by atoms with Crippen molar-refractivity contribution in [2.75, 3.05) is 27.2 Å². The summed E-state index contributed by atoms with van der Waals surface area (Å²) in [4.78, 5) is 6.78. The minimum atomic E-state index is 0.513. The van der Waals surface area contributed by atoms with Gasteiger partial charge in [0.25, 0.3) is 0 Å². The molecule has 16 heavy (non-hydrogen) atoms. The number of amidine groups is 1.